The lowest BCUT2D eigenvalue weighted by atomic mass is 9.74. The molecule has 1 heterocycles. The number of carbonyl (C=O) groups is 1. The van der Waals surface area contributed by atoms with Crippen molar-refractivity contribution in [2.24, 2.45) is 5.92 Å². The average molecular weight is 268 g/mol. The van der Waals surface area contributed by atoms with E-state index in [9.17, 15) is 4.79 Å². The van der Waals surface area contributed by atoms with Crippen LogP contribution in [0.4, 0.5) is 0 Å². The highest BCUT2D eigenvalue weighted by Gasteiger charge is 2.41. The van der Waals surface area contributed by atoms with Crippen molar-refractivity contribution in [3.8, 4) is 0 Å². The number of carbonyl (C=O) groups excluding carboxylic acids is 1. The van der Waals surface area contributed by atoms with E-state index < -0.39 is 0 Å². The lowest BCUT2D eigenvalue weighted by molar-refractivity contribution is -0.146. The number of hydrogen-bond donors (Lipinski definition) is 0. The van der Waals surface area contributed by atoms with Gasteiger partial charge in [0.05, 0.1) is 11.2 Å². The molecule has 2 rings (SSSR count). The van der Waals surface area contributed by atoms with Crippen LogP contribution in [0.2, 0.25) is 0 Å². The van der Waals surface area contributed by atoms with Crippen LogP contribution in [0.1, 0.15) is 65.2 Å². The maximum absolute atomic E-state index is 12.5. The normalized spacial score (nSPS) is 27.4. The number of Topliss-reactive ketones (excluding diaryl/α,β-unsaturated/α-hetero) is 1. The second kappa shape index (κ2) is 5.92. The quantitative estimate of drug-likeness (QED) is 0.783. The van der Waals surface area contributed by atoms with Crippen LogP contribution in [-0.4, -0.2) is 30.7 Å². The van der Waals surface area contributed by atoms with Crippen molar-refractivity contribution < 1.29 is 14.3 Å². The standard InChI is InChI=1S/C16H28O3/c1-15(2,18-3)12-14(17)13-7-10-19-16(11-13)8-5-4-6-9-16/h13H,4-12H2,1-3H3. The minimum absolute atomic E-state index is 0.0219. The first-order valence-corrected chi connectivity index (χ1v) is 7.68. The van der Waals surface area contributed by atoms with Crippen molar-refractivity contribution in [2.75, 3.05) is 13.7 Å². The van der Waals surface area contributed by atoms with E-state index in [0.717, 1.165) is 32.3 Å². The Morgan fingerprint density at radius 2 is 2.00 bits per heavy atom. The Balaban J connectivity index is 1.95. The molecule has 2 aliphatic rings. The Morgan fingerprint density at radius 1 is 1.32 bits per heavy atom. The maximum Gasteiger partial charge on any atom is 0.139 e. The average Bonchev–Trinajstić information content (AvgIpc) is 2.39. The van der Waals surface area contributed by atoms with Gasteiger partial charge >= 0.3 is 0 Å². The van der Waals surface area contributed by atoms with Gasteiger partial charge in [-0.1, -0.05) is 19.3 Å². The molecule has 1 atom stereocenters. The van der Waals surface area contributed by atoms with E-state index in [1.165, 1.54) is 19.3 Å². The van der Waals surface area contributed by atoms with Crippen LogP contribution in [0.15, 0.2) is 0 Å². The molecule has 2 fully saturated rings. The summed E-state index contributed by atoms with van der Waals surface area (Å²) in [6.45, 7) is 4.73. The summed E-state index contributed by atoms with van der Waals surface area (Å²) in [7, 11) is 1.68. The van der Waals surface area contributed by atoms with E-state index in [1.807, 2.05) is 13.8 Å². The van der Waals surface area contributed by atoms with Gasteiger partial charge in [0.2, 0.25) is 0 Å². The Bertz CT molecular complexity index is 310. The fourth-order valence-electron chi connectivity index (χ4n) is 3.48. The van der Waals surface area contributed by atoms with Crippen LogP contribution < -0.4 is 0 Å². The molecule has 1 saturated heterocycles. The summed E-state index contributed by atoms with van der Waals surface area (Å²) in [6, 6.07) is 0. The largest absolute Gasteiger partial charge is 0.378 e. The van der Waals surface area contributed by atoms with Crippen molar-refractivity contribution in [1.82, 2.24) is 0 Å². The molecule has 0 aromatic carbocycles. The third-order valence-corrected chi connectivity index (χ3v) is 4.87. The van der Waals surface area contributed by atoms with Crippen LogP contribution in [0, 0.1) is 5.92 Å². The molecule has 1 aliphatic carbocycles. The van der Waals surface area contributed by atoms with Gasteiger partial charge in [0, 0.05) is 26.1 Å². The predicted molar refractivity (Wildman–Crippen MR) is 75.2 cm³/mol. The van der Waals surface area contributed by atoms with E-state index in [2.05, 4.69) is 0 Å². The van der Waals surface area contributed by atoms with Crippen molar-refractivity contribution in [2.45, 2.75) is 76.4 Å². The summed E-state index contributed by atoms with van der Waals surface area (Å²) in [5.41, 5.74) is -0.316. The summed E-state index contributed by atoms with van der Waals surface area (Å²) >= 11 is 0. The van der Waals surface area contributed by atoms with E-state index >= 15 is 0 Å². The molecule has 0 aromatic heterocycles. The first-order valence-electron chi connectivity index (χ1n) is 7.68. The highest BCUT2D eigenvalue weighted by Crippen LogP contribution is 2.41. The number of hydrogen-bond acceptors (Lipinski definition) is 3. The molecule has 0 radical (unpaired) electrons. The van der Waals surface area contributed by atoms with Crippen molar-refractivity contribution in [3.05, 3.63) is 0 Å². The molecule has 1 saturated carbocycles. The van der Waals surface area contributed by atoms with Crippen LogP contribution in [0.3, 0.4) is 0 Å². The summed E-state index contributed by atoms with van der Waals surface area (Å²) in [6.07, 6.45) is 8.46. The Hall–Kier alpha value is -0.410. The van der Waals surface area contributed by atoms with Crippen LogP contribution in [0.5, 0.6) is 0 Å². The van der Waals surface area contributed by atoms with Gasteiger partial charge in [0.15, 0.2) is 0 Å². The first-order chi connectivity index (χ1) is 8.96. The fourth-order valence-corrected chi connectivity index (χ4v) is 3.48. The minimum Gasteiger partial charge on any atom is -0.378 e. The molecule has 1 aliphatic heterocycles. The molecule has 1 spiro atoms. The molecular weight excluding hydrogens is 240 g/mol. The third kappa shape index (κ3) is 3.79. The number of methoxy groups -OCH3 is 1. The number of ether oxygens (including phenoxy) is 2. The van der Waals surface area contributed by atoms with Gasteiger partial charge in [-0.2, -0.15) is 0 Å². The van der Waals surface area contributed by atoms with Gasteiger partial charge in [0.1, 0.15) is 5.78 Å². The molecule has 1 unspecified atom stereocenters. The molecule has 0 aromatic rings. The number of rotatable bonds is 4. The van der Waals surface area contributed by atoms with E-state index in [-0.39, 0.29) is 17.1 Å². The second-order valence-corrected chi connectivity index (χ2v) is 6.89. The zero-order valence-corrected chi connectivity index (χ0v) is 12.7. The Labute approximate surface area is 117 Å². The van der Waals surface area contributed by atoms with Crippen LogP contribution >= 0.6 is 0 Å². The van der Waals surface area contributed by atoms with E-state index in [4.69, 9.17) is 9.47 Å². The summed E-state index contributed by atoms with van der Waals surface area (Å²) < 4.78 is 11.4. The topological polar surface area (TPSA) is 35.5 Å². The fraction of sp³-hybridized carbons (Fsp3) is 0.938. The SMILES string of the molecule is COC(C)(C)CC(=O)C1CCOC2(CCCCC2)C1. The van der Waals surface area contributed by atoms with Crippen molar-refractivity contribution in [1.29, 1.82) is 0 Å². The summed E-state index contributed by atoms with van der Waals surface area (Å²) in [5, 5.41) is 0. The molecular formula is C16H28O3. The molecule has 0 N–H and O–H groups in total. The van der Waals surface area contributed by atoms with Crippen LogP contribution in [0.25, 0.3) is 0 Å². The smallest absolute Gasteiger partial charge is 0.139 e. The Kier molecular flexibility index (Phi) is 4.67. The van der Waals surface area contributed by atoms with Crippen molar-refractivity contribution >= 4 is 5.78 Å². The minimum atomic E-state index is -0.338. The zero-order valence-electron chi connectivity index (χ0n) is 12.7. The van der Waals surface area contributed by atoms with Gasteiger partial charge in [-0.25, -0.2) is 0 Å². The Morgan fingerprint density at radius 3 is 2.63 bits per heavy atom. The molecule has 3 nitrogen and oxygen atoms in total. The maximum atomic E-state index is 12.5. The molecule has 0 bridgehead atoms. The van der Waals surface area contributed by atoms with E-state index in [1.54, 1.807) is 7.11 Å². The van der Waals surface area contributed by atoms with Gasteiger partial charge in [-0.15, -0.1) is 0 Å². The summed E-state index contributed by atoms with van der Waals surface area (Å²) in [4.78, 5) is 12.5. The van der Waals surface area contributed by atoms with E-state index in [0.29, 0.717) is 12.2 Å². The lowest BCUT2D eigenvalue weighted by Crippen LogP contribution is -2.44. The molecule has 3 heteroatoms. The van der Waals surface area contributed by atoms with Crippen molar-refractivity contribution in [3.63, 3.8) is 0 Å². The van der Waals surface area contributed by atoms with Gasteiger partial charge in [-0.05, 0) is 39.5 Å². The monoisotopic (exact) mass is 268 g/mol. The zero-order chi connectivity index (χ0) is 13.9. The second-order valence-electron chi connectivity index (χ2n) is 6.89. The van der Waals surface area contributed by atoms with Gasteiger partial charge in [-0.3, -0.25) is 4.79 Å². The number of ketones is 1. The first kappa shape index (κ1) is 15.0. The van der Waals surface area contributed by atoms with Crippen LogP contribution in [-0.2, 0) is 14.3 Å². The molecule has 110 valence electrons. The van der Waals surface area contributed by atoms with Gasteiger partial charge in [0.25, 0.3) is 0 Å². The molecule has 0 amide bonds. The third-order valence-electron chi connectivity index (χ3n) is 4.87. The molecule has 19 heavy (non-hydrogen) atoms. The van der Waals surface area contributed by atoms with Gasteiger partial charge < -0.3 is 9.47 Å². The summed E-state index contributed by atoms with van der Waals surface area (Å²) in [5.74, 6) is 0.543. The highest BCUT2D eigenvalue weighted by atomic mass is 16.5. The highest BCUT2D eigenvalue weighted by molar-refractivity contribution is 5.82. The lowest BCUT2D eigenvalue weighted by Gasteiger charge is -2.43. The predicted octanol–water partition coefficient (Wildman–Crippen LogP) is 3.50.